The molecule has 5 unspecified atom stereocenters. The first kappa shape index (κ1) is 31.1. The van der Waals surface area contributed by atoms with Gasteiger partial charge in [-0.3, -0.25) is 9.59 Å². The maximum atomic E-state index is 11.1. The lowest BCUT2D eigenvalue weighted by Crippen LogP contribution is -2.26. The monoisotopic (exact) mass is 552 g/mol. The molecule has 0 saturated heterocycles. The van der Waals surface area contributed by atoms with E-state index < -0.39 is 0 Å². The molecule has 0 N–H and O–H groups in total. The fourth-order valence-electron chi connectivity index (χ4n) is 9.42. The van der Waals surface area contributed by atoms with Crippen LogP contribution >= 0.6 is 0 Å². The zero-order chi connectivity index (χ0) is 29.3. The summed E-state index contributed by atoms with van der Waals surface area (Å²) in [7, 11) is 0. The van der Waals surface area contributed by atoms with Crippen molar-refractivity contribution < 1.29 is 19.1 Å². The number of carbonyl (C=O) groups is 2. The Bertz CT molecular complexity index is 1020. The van der Waals surface area contributed by atoms with Crippen molar-refractivity contribution in [3.63, 3.8) is 0 Å². The van der Waals surface area contributed by atoms with Gasteiger partial charge in [0, 0.05) is 12.8 Å². The van der Waals surface area contributed by atoms with Gasteiger partial charge in [-0.05, 0) is 129 Å². The summed E-state index contributed by atoms with van der Waals surface area (Å²) in [4.78, 5) is 22.3. The van der Waals surface area contributed by atoms with Crippen LogP contribution < -0.4 is 0 Å². The SMILES string of the molecule is C=C1[C@H]2CC[C@H](C2)C1(C)CC/C=C(/C)COC(=O)CC.CCC(=O)OC/C(C)=C\CCC1(C)C2CC3[C@@H](C2)C31C. The first-order chi connectivity index (χ1) is 18.9. The molecule has 0 spiro atoms. The van der Waals surface area contributed by atoms with Gasteiger partial charge in [0.05, 0.1) is 0 Å². The Hall–Kier alpha value is -1.84. The minimum atomic E-state index is -0.119. The molecule has 6 aliphatic carbocycles. The molecule has 0 aliphatic heterocycles. The minimum Gasteiger partial charge on any atom is -0.461 e. The number of fused-ring (bicyclic) bond motifs is 2. The Balaban J connectivity index is 0.000000185. The Labute approximate surface area is 244 Å². The molecular formula is C36H56O4. The van der Waals surface area contributed by atoms with Gasteiger partial charge in [-0.25, -0.2) is 0 Å². The van der Waals surface area contributed by atoms with Crippen molar-refractivity contribution in [1.82, 2.24) is 0 Å². The summed E-state index contributed by atoms with van der Waals surface area (Å²) in [5.74, 6) is 4.50. The number of rotatable bonds is 12. The summed E-state index contributed by atoms with van der Waals surface area (Å²) in [5, 5.41) is 0. The van der Waals surface area contributed by atoms with Crippen LogP contribution in [-0.2, 0) is 19.1 Å². The van der Waals surface area contributed by atoms with Crippen LogP contribution in [0.3, 0.4) is 0 Å². The lowest BCUT2D eigenvalue weighted by molar-refractivity contribution is -0.143. The zero-order valence-electron chi connectivity index (χ0n) is 26.6. The van der Waals surface area contributed by atoms with E-state index in [-0.39, 0.29) is 11.9 Å². The van der Waals surface area contributed by atoms with E-state index in [1.165, 1.54) is 56.1 Å². The van der Waals surface area contributed by atoms with Crippen LogP contribution in [0.25, 0.3) is 0 Å². The summed E-state index contributed by atoms with van der Waals surface area (Å²) in [5.41, 5.74) is 5.42. The lowest BCUT2D eigenvalue weighted by Gasteiger charge is -2.36. The van der Waals surface area contributed by atoms with Crippen LogP contribution in [0.2, 0.25) is 0 Å². The highest BCUT2D eigenvalue weighted by atomic mass is 16.5. The van der Waals surface area contributed by atoms with E-state index in [1.54, 1.807) is 0 Å². The Morgan fingerprint density at radius 3 is 1.77 bits per heavy atom. The van der Waals surface area contributed by atoms with Crippen LogP contribution in [0, 0.1) is 45.8 Å². The average Bonchev–Trinajstić information content (AvgIpc) is 3.52. The molecule has 8 atom stereocenters. The molecule has 0 heterocycles. The van der Waals surface area contributed by atoms with Gasteiger partial charge in [-0.15, -0.1) is 0 Å². The first-order valence-electron chi connectivity index (χ1n) is 16.2. The van der Waals surface area contributed by atoms with Crippen LogP contribution in [0.1, 0.15) is 119 Å². The number of esters is 2. The van der Waals surface area contributed by atoms with Crippen molar-refractivity contribution in [3.05, 3.63) is 35.5 Å². The van der Waals surface area contributed by atoms with Crippen molar-refractivity contribution in [1.29, 1.82) is 0 Å². The largest absolute Gasteiger partial charge is 0.461 e. The van der Waals surface area contributed by atoms with E-state index in [9.17, 15) is 9.59 Å². The fourth-order valence-corrected chi connectivity index (χ4v) is 9.42. The smallest absolute Gasteiger partial charge is 0.305 e. The highest BCUT2D eigenvalue weighted by molar-refractivity contribution is 5.69. The number of hydrogen-bond donors (Lipinski definition) is 0. The molecule has 0 aromatic rings. The summed E-state index contributed by atoms with van der Waals surface area (Å²) >= 11 is 0. The Kier molecular flexibility index (Phi) is 9.47. The molecule has 4 heteroatoms. The van der Waals surface area contributed by atoms with Gasteiger partial charge in [0.1, 0.15) is 13.2 Å². The maximum absolute atomic E-state index is 11.1. The van der Waals surface area contributed by atoms with Crippen LogP contribution in [0.15, 0.2) is 35.5 Å². The lowest BCUT2D eigenvalue weighted by atomic mass is 9.69. The molecule has 0 amide bonds. The second kappa shape index (κ2) is 12.2. The van der Waals surface area contributed by atoms with Gasteiger partial charge in [-0.2, -0.15) is 0 Å². The predicted molar refractivity (Wildman–Crippen MR) is 162 cm³/mol. The molecule has 0 aromatic heterocycles. The van der Waals surface area contributed by atoms with Crippen molar-refractivity contribution in [2.45, 2.75) is 119 Å². The molecule has 4 nitrogen and oxygen atoms in total. The van der Waals surface area contributed by atoms with Crippen molar-refractivity contribution in [2.24, 2.45) is 45.8 Å². The van der Waals surface area contributed by atoms with Gasteiger partial charge < -0.3 is 9.47 Å². The highest BCUT2D eigenvalue weighted by Gasteiger charge is 2.80. The van der Waals surface area contributed by atoms with E-state index >= 15 is 0 Å². The average molecular weight is 553 g/mol. The summed E-state index contributed by atoms with van der Waals surface area (Å²) < 4.78 is 10.3. The van der Waals surface area contributed by atoms with Gasteiger partial charge in [0.15, 0.2) is 0 Å². The third-order valence-electron chi connectivity index (χ3n) is 12.5. The second-order valence-corrected chi connectivity index (χ2v) is 14.4. The molecule has 6 bridgehead atoms. The molecule has 6 aliphatic rings. The minimum absolute atomic E-state index is 0.102. The molecule has 224 valence electrons. The number of allylic oxidation sites excluding steroid dienone is 3. The standard InChI is InChI=1S/2C18H28O2/c1-5-16(19)20-11-12(2)7-6-8-17(3)13-9-14-15(10-13)18(14,17)4;1-5-17(19)20-12-13(2)7-6-10-18(4)14(3)15-8-9-16(18)11-15/h7,13-15H,5-6,8-11H2,1-4H3;7,15-16H,3,5-6,8-12H2,1-2,4H3/b12-7-;13-7-/t13?,14-,15?,17?,18?;15-,16+,18?/m10/s1. The summed E-state index contributed by atoms with van der Waals surface area (Å²) in [6.45, 7) is 20.5. The Morgan fingerprint density at radius 2 is 1.35 bits per heavy atom. The van der Waals surface area contributed by atoms with E-state index in [0.29, 0.717) is 42.3 Å². The predicted octanol–water partition coefficient (Wildman–Crippen LogP) is 9.01. The summed E-state index contributed by atoms with van der Waals surface area (Å²) in [6.07, 6.45) is 17.2. The van der Waals surface area contributed by atoms with E-state index in [4.69, 9.17) is 9.47 Å². The number of carbonyl (C=O) groups excluding carboxylic acids is 2. The molecule has 6 rings (SSSR count). The molecule has 6 saturated carbocycles. The fraction of sp³-hybridized carbons (Fsp3) is 0.778. The number of ether oxygens (including phenoxy) is 2. The highest BCUT2D eigenvalue weighted by Crippen LogP contribution is 2.87. The second-order valence-electron chi connectivity index (χ2n) is 14.4. The van der Waals surface area contributed by atoms with Gasteiger partial charge in [0.2, 0.25) is 0 Å². The first-order valence-corrected chi connectivity index (χ1v) is 16.2. The summed E-state index contributed by atoms with van der Waals surface area (Å²) in [6, 6.07) is 0. The molecule has 40 heavy (non-hydrogen) atoms. The van der Waals surface area contributed by atoms with Crippen molar-refractivity contribution in [3.8, 4) is 0 Å². The normalized spacial score (nSPS) is 38.8. The van der Waals surface area contributed by atoms with Crippen LogP contribution in [0.4, 0.5) is 0 Å². The quantitative estimate of drug-likeness (QED) is 0.179. The molecular weight excluding hydrogens is 496 g/mol. The molecule has 0 aromatic carbocycles. The molecule has 0 radical (unpaired) electrons. The third-order valence-corrected chi connectivity index (χ3v) is 12.5. The van der Waals surface area contributed by atoms with Crippen molar-refractivity contribution >= 4 is 11.9 Å². The van der Waals surface area contributed by atoms with E-state index in [1.807, 2.05) is 20.8 Å². The van der Waals surface area contributed by atoms with Gasteiger partial charge in [0.25, 0.3) is 0 Å². The number of hydrogen-bond acceptors (Lipinski definition) is 4. The maximum Gasteiger partial charge on any atom is 0.305 e. The zero-order valence-corrected chi connectivity index (χ0v) is 26.6. The molecule has 6 fully saturated rings. The van der Waals surface area contributed by atoms with Gasteiger partial charge >= 0.3 is 11.9 Å². The van der Waals surface area contributed by atoms with Crippen molar-refractivity contribution in [2.75, 3.05) is 13.2 Å². The van der Waals surface area contributed by atoms with Crippen LogP contribution in [0.5, 0.6) is 0 Å². The van der Waals surface area contributed by atoms with Crippen LogP contribution in [-0.4, -0.2) is 25.2 Å². The van der Waals surface area contributed by atoms with E-state index in [0.717, 1.165) is 48.0 Å². The van der Waals surface area contributed by atoms with E-state index in [2.05, 4.69) is 46.4 Å². The van der Waals surface area contributed by atoms with Gasteiger partial charge in [-0.1, -0.05) is 58.9 Å². The topological polar surface area (TPSA) is 52.6 Å². The third kappa shape index (κ3) is 5.75. The Morgan fingerprint density at radius 1 is 0.825 bits per heavy atom.